The van der Waals surface area contributed by atoms with Crippen LogP contribution in [0.2, 0.25) is 0 Å². The minimum Gasteiger partial charge on any atom is -0.311 e. The second-order valence-electron chi connectivity index (χ2n) is 6.06. The molecule has 0 atom stereocenters. The van der Waals surface area contributed by atoms with Crippen LogP contribution in [0.4, 0.5) is 13.2 Å². The summed E-state index contributed by atoms with van der Waals surface area (Å²) in [4.78, 5) is 18.8. The van der Waals surface area contributed by atoms with Crippen molar-refractivity contribution in [3.8, 4) is 11.3 Å². The number of hydrogen-bond donors (Lipinski definition) is 0. The van der Waals surface area contributed by atoms with Gasteiger partial charge in [-0.25, -0.2) is 18.4 Å². The lowest BCUT2D eigenvalue weighted by molar-refractivity contribution is -0.141. The first-order valence-corrected chi connectivity index (χ1v) is 9.84. The molecule has 3 aromatic rings. The van der Waals surface area contributed by atoms with Crippen molar-refractivity contribution in [1.29, 1.82) is 0 Å². The van der Waals surface area contributed by atoms with Crippen molar-refractivity contribution in [3.05, 3.63) is 76.3 Å². The SMILES string of the molecule is CS(=O)(=O)c1nc(-c2cccc(Cn3ccccc3=O)c2)cc(C(F)(F)F)n1. The Bertz CT molecular complexity index is 1190. The van der Waals surface area contributed by atoms with Gasteiger partial charge < -0.3 is 4.57 Å². The summed E-state index contributed by atoms with van der Waals surface area (Å²) < 4.78 is 64.3. The van der Waals surface area contributed by atoms with Crippen LogP contribution >= 0.6 is 0 Å². The van der Waals surface area contributed by atoms with Crippen LogP contribution in [0.15, 0.2) is 64.7 Å². The highest BCUT2D eigenvalue weighted by Gasteiger charge is 2.34. The molecule has 0 saturated carbocycles. The lowest BCUT2D eigenvalue weighted by Gasteiger charge is -2.11. The molecule has 0 N–H and O–H groups in total. The maximum atomic E-state index is 13.1. The monoisotopic (exact) mass is 409 g/mol. The van der Waals surface area contributed by atoms with Crippen LogP contribution in [0.5, 0.6) is 0 Å². The van der Waals surface area contributed by atoms with E-state index in [2.05, 4.69) is 9.97 Å². The summed E-state index contributed by atoms with van der Waals surface area (Å²) in [5.41, 5.74) is -0.834. The fourth-order valence-corrected chi connectivity index (χ4v) is 3.03. The van der Waals surface area contributed by atoms with Crippen LogP contribution in [0, 0.1) is 0 Å². The molecular formula is C18H14F3N3O3S. The summed E-state index contributed by atoms with van der Waals surface area (Å²) in [6.07, 6.45) is -2.50. The third-order valence-electron chi connectivity index (χ3n) is 3.80. The van der Waals surface area contributed by atoms with E-state index < -0.39 is 26.9 Å². The molecule has 0 aliphatic rings. The quantitative estimate of drug-likeness (QED) is 0.619. The van der Waals surface area contributed by atoms with Crippen LogP contribution in [-0.4, -0.2) is 29.2 Å². The van der Waals surface area contributed by atoms with Gasteiger partial charge in [0.2, 0.25) is 15.0 Å². The van der Waals surface area contributed by atoms with Crippen molar-refractivity contribution in [2.24, 2.45) is 0 Å². The van der Waals surface area contributed by atoms with E-state index in [-0.39, 0.29) is 23.4 Å². The number of benzene rings is 1. The van der Waals surface area contributed by atoms with Gasteiger partial charge in [0.25, 0.3) is 5.56 Å². The van der Waals surface area contributed by atoms with Crippen LogP contribution in [-0.2, 0) is 22.6 Å². The first kappa shape index (κ1) is 19.7. The van der Waals surface area contributed by atoms with Gasteiger partial charge in [0, 0.05) is 24.1 Å². The Morgan fingerprint density at radius 2 is 1.79 bits per heavy atom. The predicted molar refractivity (Wildman–Crippen MR) is 95.4 cm³/mol. The largest absolute Gasteiger partial charge is 0.433 e. The lowest BCUT2D eigenvalue weighted by Crippen LogP contribution is -2.18. The highest BCUT2D eigenvalue weighted by atomic mass is 32.2. The smallest absolute Gasteiger partial charge is 0.311 e. The second-order valence-corrected chi connectivity index (χ2v) is 7.97. The molecule has 0 amide bonds. The molecule has 0 saturated heterocycles. The van der Waals surface area contributed by atoms with Gasteiger partial charge in [-0.3, -0.25) is 4.79 Å². The third kappa shape index (κ3) is 4.45. The molecule has 6 nitrogen and oxygen atoms in total. The van der Waals surface area contributed by atoms with Crippen molar-refractivity contribution < 1.29 is 21.6 Å². The second kappa shape index (κ2) is 7.19. The molecule has 28 heavy (non-hydrogen) atoms. The minimum atomic E-state index is -4.83. The van der Waals surface area contributed by atoms with Crippen molar-refractivity contribution in [2.45, 2.75) is 17.9 Å². The Morgan fingerprint density at radius 3 is 2.43 bits per heavy atom. The van der Waals surface area contributed by atoms with Gasteiger partial charge in [0.15, 0.2) is 0 Å². The van der Waals surface area contributed by atoms with Crippen LogP contribution < -0.4 is 5.56 Å². The van der Waals surface area contributed by atoms with E-state index in [1.54, 1.807) is 36.5 Å². The first-order valence-electron chi connectivity index (χ1n) is 7.95. The van der Waals surface area contributed by atoms with Crippen LogP contribution in [0.3, 0.4) is 0 Å². The minimum absolute atomic E-state index is 0.176. The summed E-state index contributed by atoms with van der Waals surface area (Å²) in [7, 11) is -4.05. The fourth-order valence-electron chi connectivity index (χ4n) is 2.50. The molecular weight excluding hydrogens is 395 g/mol. The molecule has 0 unspecified atom stereocenters. The molecule has 0 fully saturated rings. The zero-order valence-electron chi connectivity index (χ0n) is 14.5. The van der Waals surface area contributed by atoms with E-state index in [9.17, 15) is 26.4 Å². The van der Waals surface area contributed by atoms with Crippen LogP contribution in [0.25, 0.3) is 11.3 Å². The molecule has 0 bridgehead atoms. The molecule has 3 rings (SSSR count). The third-order valence-corrected chi connectivity index (χ3v) is 4.65. The standard InChI is InChI=1S/C18H14F3N3O3S/c1-28(26,27)17-22-14(10-15(23-17)18(19,20)21)13-6-4-5-12(9-13)11-24-8-3-2-7-16(24)25/h2-10H,11H2,1H3. The Labute approximate surface area is 158 Å². The molecule has 0 aliphatic heterocycles. The molecule has 0 aliphatic carbocycles. The fraction of sp³-hybridized carbons (Fsp3) is 0.167. The van der Waals surface area contributed by atoms with E-state index in [4.69, 9.17) is 0 Å². The summed E-state index contributed by atoms with van der Waals surface area (Å²) in [6, 6.07) is 11.7. The number of nitrogens with zero attached hydrogens (tertiary/aromatic N) is 3. The zero-order chi connectivity index (χ0) is 20.5. The Kier molecular flexibility index (Phi) is 5.07. The number of alkyl halides is 3. The van der Waals surface area contributed by atoms with E-state index >= 15 is 0 Å². The number of aromatic nitrogens is 3. The van der Waals surface area contributed by atoms with E-state index in [1.165, 1.54) is 16.7 Å². The predicted octanol–water partition coefficient (Wildman–Crippen LogP) is 2.78. The number of pyridine rings is 1. The summed E-state index contributed by atoms with van der Waals surface area (Å²) in [5.74, 6) is 0. The van der Waals surface area contributed by atoms with E-state index in [0.29, 0.717) is 11.6 Å². The molecule has 10 heteroatoms. The highest BCUT2D eigenvalue weighted by molar-refractivity contribution is 7.90. The Balaban J connectivity index is 2.09. The van der Waals surface area contributed by atoms with Gasteiger partial charge in [0.05, 0.1) is 12.2 Å². The Morgan fingerprint density at radius 1 is 1.04 bits per heavy atom. The maximum absolute atomic E-state index is 13.1. The molecule has 2 heterocycles. The average molecular weight is 409 g/mol. The normalized spacial score (nSPS) is 12.1. The van der Waals surface area contributed by atoms with Crippen LogP contribution in [0.1, 0.15) is 11.3 Å². The van der Waals surface area contributed by atoms with E-state index in [0.717, 1.165) is 6.26 Å². The van der Waals surface area contributed by atoms with Crippen molar-refractivity contribution in [2.75, 3.05) is 6.26 Å². The number of rotatable bonds is 4. The van der Waals surface area contributed by atoms with Gasteiger partial charge >= 0.3 is 6.18 Å². The lowest BCUT2D eigenvalue weighted by atomic mass is 10.1. The maximum Gasteiger partial charge on any atom is 0.433 e. The van der Waals surface area contributed by atoms with Gasteiger partial charge in [-0.1, -0.05) is 24.3 Å². The summed E-state index contributed by atoms with van der Waals surface area (Å²) in [5, 5.41) is -0.901. The van der Waals surface area contributed by atoms with Crippen molar-refractivity contribution in [3.63, 3.8) is 0 Å². The van der Waals surface area contributed by atoms with Gasteiger partial charge in [0.1, 0.15) is 5.69 Å². The number of sulfone groups is 1. The molecule has 2 aromatic heterocycles. The molecule has 1 aromatic carbocycles. The Hall–Kier alpha value is -3.01. The van der Waals surface area contributed by atoms with Gasteiger partial charge in [-0.05, 0) is 23.8 Å². The van der Waals surface area contributed by atoms with Crippen molar-refractivity contribution >= 4 is 9.84 Å². The molecule has 146 valence electrons. The molecule has 0 radical (unpaired) electrons. The topological polar surface area (TPSA) is 81.9 Å². The van der Waals surface area contributed by atoms with Gasteiger partial charge in [-0.15, -0.1) is 0 Å². The van der Waals surface area contributed by atoms with Crippen molar-refractivity contribution in [1.82, 2.24) is 14.5 Å². The highest BCUT2D eigenvalue weighted by Crippen LogP contribution is 2.31. The average Bonchev–Trinajstić information content (AvgIpc) is 2.62. The number of hydrogen-bond acceptors (Lipinski definition) is 5. The first-order chi connectivity index (χ1) is 13.0. The zero-order valence-corrected chi connectivity index (χ0v) is 15.3. The summed E-state index contributed by atoms with van der Waals surface area (Å²) in [6.45, 7) is 0.198. The summed E-state index contributed by atoms with van der Waals surface area (Å²) >= 11 is 0. The molecule has 0 spiro atoms. The van der Waals surface area contributed by atoms with E-state index in [1.807, 2.05) is 0 Å². The number of halogens is 3. The van der Waals surface area contributed by atoms with Gasteiger partial charge in [-0.2, -0.15) is 13.2 Å².